The van der Waals surface area contributed by atoms with E-state index in [0.29, 0.717) is 6.04 Å². The summed E-state index contributed by atoms with van der Waals surface area (Å²) in [7, 11) is 3.80. The van der Waals surface area contributed by atoms with Crippen molar-refractivity contribution in [1.82, 2.24) is 5.32 Å². The van der Waals surface area contributed by atoms with Crippen LogP contribution in [0.4, 0.5) is 0 Å². The molecule has 1 N–H and O–H groups in total. The smallest absolute Gasteiger partial charge is 0.0775 e. The number of ether oxygens (including phenoxy) is 1. The van der Waals surface area contributed by atoms with Crippen LogP contribution in [0.5, 0.6) is 0 Å². The number of thiophene rings is 1. The van der Waals surface area contributed by atoms with E-state index in [0.717, 1.165) is 6.42 Å². The average molecular weight is 320 g/mol. The molecule has 0 saturated heterocycles. The van der Waals surface area contributed by atoms with Crippen molar-refractivity contribution in [3.05, 3.63) is 20.8 Å². The van der Waals surface area contributed by atoms with Crippen molar-refractivity contribution in [2.75, 3.05) is 14.2 Å². The molecule has 1 aromatic heterocycles. The Hall–Kier alpha value is 0.1000. The van der Waals surface area contributed by atoms with Gasteiger partial charge in [-0.3, -0.25) is 0 Å². The van der Waals surface area contributed by atoms with Crippen molar-refractivity contribution >= 4 is 27.3 Å². The summed E-state index contributed by atoms with van der Waals surface area (Å²) >= 11 is 5.38. The van der Waals surface area contributed by atoms with Crippen molar-refractivity contribution in [3.8, 4) is 0 Å². The molecule has 0 aliphatic rings. The van der Waals surface area contributed by atoms with Crippen LogP contribution in [0.25, 0.3) is 0 Å². The maximum absolute atomic E-state index is 5.68. The maximum atomic E-state index is 5.68. The summed E-state index contributed by atoms with van der Waals surface area (Å²) in [5.74, 6) is 0. The van der Waals surface area contributed by atoms with Crippen LogP contribution in [-0.2, 0) is 11.2 Å². The van der Waals surface area contributed by atoms with Gasteiger partial charge < -0.3 is 10.1 Å². The molecular weight excluding hydrogens is 298 g/mol. The van der Waals surface area contributed by atoms with Crippen molar-refractivity contribution < 1.29 is 4.74 Å². The van der Waals surface area contributed by atoms with Gasteiger partial charge in [-0.2, -0.15) is 0 Å². The molecule has 17 heavy (non-hydrogen) atoms. The topological polar surface area (TPSA) is 21.3 Å². The summed E-state index contributed by atoms with van der Waals surface area (Å²) in [4.78, 5) is 1.37. The third-order valence-corrected chi connectivity index (χ3v) is 4.89. The van der Waals surface area contributed by atoms with Crippen molar-refractivity contribution in [2.45, 2.75) is 39.3 Å². The molecule has 2 nitrogen and oxygen atoms in total. The number of halogens is 1. The van der Waals surface area contributed by atoms with Gasteiger partial charge in [0.15, 0.2) is 0 Å². The van der Waals surface area contributed by atoms with Gasteiger partial charge in [-0.25, -0.2) is 0 Å². The molecule has 98 valence electrons. The first-order valence-corrected chi connectivity index (χ1v) is 7.49. The predicted octanol–water partition coefficient (Wildman–Crippen LogP) is 3.70. The zero-order valence-electron chi connectivity index (χ0n) is 11.2. The van der Waals surface area contributed by atoms with Crippen molar-refractivity contribution in [1.29, 1.82) is 0 Å². The molecule has 1 rings (SSSR count). The average Bonchev–Trinajstić information content (AvgIpc) is 2.62. The Bertz CT molecular complexity index is 345. The Labute approximate surface area is 117 Å². The van der Waals surface area contributed by atoms with E-state index in [1.54, 1.807) is 18.4 Å². The fourth-order valence-electron chi connectivity index (χ4n) is 2.15. The van der Waals surface area contributed by atoms with Gasteiger partial charge in [-0.1, -0.05) is 20.8 Å². The van der Waals surface area contributed by atoms with E-state index in [1.165, 1.54) is 9.35 Å². The molecule has 2 unspecified atom stereocenters. The summed E-state index contributed by atoms with van der Waals surface area (Å²) in [6, 6.07) is 2.43. The largest absolute Gasteiger partial charge is 0.379 e. The molecule has 0 aliphatic carbocycles. The van der Waals surface area contributed by atoms with Gasteiger partial charge in [-0.05, 0) is 39.8 Å². The Morgan fingerprint density at radius 3 is 2.47 bits per heavy atom. The lowest BCUT2D eigenvalue weighted by Crippen LogP contribution is -2.47. The molecule has 0 aliphatic heterocycles. The van der Waals surface area contributed by atoms with E-state index in [9.17, 15) is 0 Å². The summed E-state index contributed by atoms with van der Waals surface area (Å²) in [6.07, 6.45) is 1.19. The second kappa shape index (κ2) is 6.32. The van der Waals surface area contributed by atoms with E-state index >= 15 is 0 Å². The third-order valence-electron chi connectivity index (χ3n) is 2.94. The fourth-order valence-corrected chi connectivity index (χ4v) is 3.73. The summed E-state index contributed by atoms with van der Waals surface area (Å²) in [5, 5.41) is 5.50. The fraction of sp³-hybridized carbons (Fsp3) is 0.692. The van der Waals surface area contributed by atoms with E-state index < -0.39 is 0 Å². The third kappa shape index (κ3) is 4.05. The van der Waals surface area contributed by atoms with Crippen LogP contribution in [0.15, 0.2) is 15.9 Å². The van der Waals surface area contributed by atoms with Gasteiger partial charge in [-0.15, -0.1) is 11.3 Å². The molecule has 0 bridgehead atoms. The number of rotatable bonds is 5. The van der Waals surface area contributed by atoms with Crippen LogP contribution < -0.4 is 5.32 Å². The summed E-state index contributed by atoms with van der Waals surface area (Å²) in [5.41, 5.74) is 0.131. The molecule has 0 fully saturated rings. The molecule has 1 heterocycles. The van der Waals surface area contributed by atoms with Crippen LogP contribution in [0.2, 0.25) is 0 Å². The highest BCUT2D eigenvalue weighted by Gasteiger charge is 2.32. The van der Waals surface area contributed by atoms with Gasteiger partial charge in [0, 0.05) is 28.9 Å². The van der Waals surface area contributed by atoms with E-state index in [2.05, 4.69) is 53.5 Å². The van der Waals surface area contributed by atoms with Crippen LogP contribution in [0.3, 0.4) is 0 Å². The highest BCUT2D eigenvalue weighted by molar-refractivity contribution is 9.10. The minimum atomic E-state index is 0.131. The first-order valence-electron chi connectivity index (χ1n) is 5.82. The highest BCUT2D eigenvalue weighted by Crippen LogP contribution is 2.29. The Kier molecular flexibility index (Phi) is 5.64. The van der Waals surface area contributed by atoms with Gasteiger partial charge in [0.05, 0.1) is 6.10 Å². The number of hydrogen-bond acceptors (Lipinski definition) is 3. The van der Waals surface area contributed by atoms with Crippen LogP contribution in [0.1, 0.15) is 25.6 Å². The first-order chi connectivity index (χ1) is 7.90. The highest BCUT2D eigenvalue weighted by atomic mass is 79.9. The minimum Gasteiger partial charge on any atom is -0.379 e. The molecular formula is C13H22BrNOS. The lowest BCUT2D eigenvalue weighted by atomic mass is 9.83. The number of nitrogens with one attached hydrogen (secondary N) is 1. The van der Waals surface area contributed by atoms with E-state index in [1.807, 2.05) is 7.05 Å². The normalized spacial score (nSPS) is 15.9. The van der Waals surface area contributed by atoms with Crippen molar-refractivity contribution in [3.63, 3.8) is 0 Å². The molecule has 0 saturated carbocycles. The zero-order chi connectivity index (χ0) is 13.1. The van der Waals surface area contributed by atoms with Crippen LogP contribution in [-0.4, -0.2) is 26.3 Å². The summed E-state index contributed by atoms with van der Waals surface area (Å²) in [6.45, 7) is 6.65. The first kappa shape index (κ1) is 15.2. The molecule has 2 atom stereocenters. The lowest BCUT2D eigenvalue weighted by Gasteiger charge is -2.35. The minimum absolute atomic E-state index is 0.131. The second-order valence-electron chi connectivity index (χ2n) is 5.31. The second-order valence-corrected chi connectivity index (χ2v) is 7.17. The predicted molar refractivity (Wildman–Crippen MR) is 78.8 cm³/mol. The standard InChI is InChI=1S/C13H22BrNOS/c1-13(2,3)12(16-5)10(15-4)8-11-9(14)6-7-17-11/h6-7,10,12,15H,8H2,1-5H3. The van der Waals surface area contributed by atoms with E-state index in [-0.39, 0.29) is 11.5 Å². The Morgan fingerprint density at radius 1 is 1.47 bits per heavy atom. The molecule has 0 radical (unpaired) electrons. The summed E-state index contributed by atoms with van der Waals surface area (Å²) < 4.78 is 6.88. The van der Waals surface area contributed by atoms with Gasteiger partial charge >= 0.3 is 0 Å². The van der Waals surface area contributed by atoms with Crippen LogP contribution in [0, 0.1) is 5.41 Å². The van der Waals surface area contributed by atoms with Crippen molar-refractivity contribution in [2.24, 2.45) is 5.41 Å². The maximum Gasteiger partial charge on any atom is 0.0775 e. The Balaban J connectivity index is 2.81. The molecule has 4 heteroatoms. The number of methoxy groups -OCH3 is 1. The SMILES string of the molecule is CNC(Cc1sccc1Br)C(OC)C(C)(C)C. The monoisotopic (exact) mass is 319 g/mol. The number of likely N-dealkylation sites (N-methyl/N-ethyl adjacent to an activating group) is 1. The number of hydrogen-bond donors (Lipinski definition) is 1. The quantitative estimate of drug-likeness (QED) is 0.893. The van der Waals surface area contributed by atoms with Gasteiger partial charge in [0.1, 0.15) is 0 Å². The lowest BCUT2D eigenvalue weighted by molar-refractivity contribution is -0.00906. The zero-order valence-corrected chi connectivity index (χ0v) is 13.6. The molecule has 0 amide bonds. The molecule has 1 aromatic rings. The van der Waals surface area contributed by atoms with Gasteiger partial charge in [0.2, 0.25) is 0 Å². The van der Waals surface area contributed by atoms with Gasteiger partial charge in [0.25, 0.3) is 0 Å². The molecule has 0 spiro atoms. The van der Waals surface area contributed by atoms with Crippen LogP contribution >= 0.6 is 27.3 Å². The molecule has 0 aromatic carbocycles. The van der Waals surface area contributed by atoms with E-state index in [4.69, 9.17) is 4.74 Å². The Morgan fingerprint density at radius 2 is 2.12 bits per heavy atom.